The first-order chi connectivity index (χ1) is 9.36. The summed E-state index contributed by atoms with van der Waals surface area (Å²) < 4.78 is 6.89. The van der Waals surface area contributed by atoms with E-state index in [2.05, 4.69) is 37.5 Å². The highest BCUT2D eigenvalue weighted by molar-refractivity contribution is 5.89. The number of benzene rings is 1. The van der Waals surface area contributed by atoms with Crippen LogP contribution in [-0.2, 0) is 23.0 Å². The quantitative estimate of drug-likeness (QED) is 0.872. The standard InChI is InChI=1S/C16H22N2O2/c1-9-6-10(2)15-13(7-9)12(11(3)18(15)4)8-14(17)16(19)20-5/h6-7,14H,8,17H2,1-5H3. The van der Waals surface area contributed by atoms with Gasteiger partial charge in [-0.3, -0.25) is 4.79 Å². The van der Waals surface area contributed by atoms with E-state index in [1.807, 2.05) is 7.05 Å². The number of fused-ring (bicyclic) bond motifs is 1. The van der Waals surface area contributed by atoms with E-state index in [1.54, 1.807) is 0 Å². The third-order valence-electron chi connectivity index (χ3n) is 3.97. The predicted octanol–water partition coefficient (Wildman–Crippen LogP) is 2.15. The van der Waals surface area contributed by atoms with Crippen molar-refractivity contribution in [3.8, 4) is 0 Å². The summed E-state index contributed by atoms with van der Waals surface area (Å²) in [5.41, 5.74) is 11.9. The average Bonchev–Trinajstić information content (AvgIpc) is 2.62. The third-order valence-corrected chi connectivity index (χ3v) is 3.97. The van der Waals surface area contributed by atoms with E-state index >= 15 is 0 Å². The van der Waals surface area contributed by atoms with Crippen LogP contribution in [0.15, 0.2) is 12.1 Å². The van der Waals surface area contributed by atoms with Crippen LogP contribution in [0.25, 0.3) is 10.9 Å². The van der Waals surface area contributed by atoms with Gasteiger partial charge in [0.1, 0.15) is 6.04 Å². The Morgan fingerprint density at radius 3 is 2.60 bits per heavy atom. The van der Waals surface area contributed by atoms with Gasteiger partial charge in [-0.05, 0) is 38.0 Å². The van der Waals surface area contributed by atoms with Crippen molar-refractivity contribution in [3.63, 3.8) is 0 Å². The van der Waals surface area contributed by atoms with Crippen molar-refractivity contribution in [1.82, 2.24) is 4.57 Å². The number of nitrogens with zero attached hydrogens (tertiary/aromatic N) is 1. The van der Waals surface area contributed by atoms with Crippen molar-refractivity contribution in [3.05, 3.63) is 34.5 Å². The molecule has 0 fully saturated rings. The molecule has 0 aliphatic heterocycles. The van der Waals surface area contributed by atoms with E-state index in [0.717, 1.165) is 11.3 Å². The zero-order valence-electron chi connectivity index (χ0n) is 12.8. The first kappa shape index (κ1) is 14.6. The van der Waals surface area contributed by atoms with E-state index < -0.39 is 6.04 Å². The molecule has 4 nitrogen and oxygen atoms in total. The lowest BCUT2D eigenvalue weighted by Crippen LogP contribution is -2.33. The van der Waals surface area contributed by atoms with Crippen LogP contribution in [0.5, 0.6) is 0 Å². The van der Waals surface area contributed by atoms with E-state index in [9.17, 15) is 4.79 Å². The molecule has 0 saturated heterocycles. The molecular weight excluding hydrogens is 252 g/mol. The Bertz CT molecular complexity index is 671. The molecule has 1 aromatic carbocycles. The Kier molecular flexibility index (Phi) is 3.86. The van der Waals surface area contributed by atoms with Crippen LogP contribution in [0.2, 0.25) is 0 Å². The molecule has 1 unspecified atom stereocenters. The van der Waals surface area contributed by atoms with E-state index in [-0.39, 0.29) is 5.97 Å². The maximum absolute atomic E-state index is 11.6. The number of hydrogen-bond acceptors (Lipinski definition) is 3. The third kappa shape index (κ3) is 2.31. The molecule has 0 spiro atoms. The smallest absolute Gasteiger partial charge is 0.322 e. The van der Waals surface area contributed by atoms with Crippen molar-refractivity contribution in [1.29, 1.82) is 0 Å². The summed E-state index contributed by atoms with van der Waals surface area (Å²) >= 11 is 0. The van der Waals surface area contributed by atoms with Crippen molar-refractivity contribution in [2.24, 2.45) is 12.8 Å². The number of esters is 1. The van der Waals surface area contributed by atoms with E-state index in [1.165, 1.54) is 29.1 Å². The Morgan fingerprint density at radius 1 is 1.35 bits per heavy atom. The van der Waals surface area contributed by atoms with Crippen LogP contribution in [0.4, 0.5) is 0 Å². The number of methoxy groups -OCH3 is 1. The minimum atomic E-state index is -0.620. The number of rotatable bonds is 3. The lowest BCUT2D eigenvalue weighted by atomic mass is 10.0. The van der Waals surface area contributed by atoms with Crippen LogP contribution in [0.3, 0.4) is 0 Å². The van der Waals surface area contributed by atoms with Crippen LogP contribution in [-0.4, -0.2) is 23.7 Å². The first-order valence-electron chi connectivity index (χ1n) is 6.75. The first-order valence-corrected chi connectivity index (χ1v) is 6.75. The van der Waals surface area contributed by atoms with Crippen molar-refractivity contribution < 1.29 is 9.53 Å². The zero-order valence-corrected chi connectivity index (χ0v) is 12.8. The van der Waals surface area contributed by atoms with Crippen LogP contribution < -0.4 is 5.73 Å². The minimum absolute atomic E-state index is 0.370. The summed E-state index contributed by atoms with van der Waals surface area (Å²) in [7, 11) is 3.42. The fourth-order valence-corrected chi connectivity index (χ4v) is 2.91. The molecular formula is C16H22N2O2. The summed E-state index contributed by atoms with van der Waals surface area (Å²) in [6, 6.07) is 3.71. The lowest BCUT2D eigenvalue weighted by Gasteiger charge is -2.09. The molecule has 0 aliphatic carbocycles. The summed E-state index contributed by atoms with van der Waals surface area (Å²) in [5.74, 6) is -0.370. The average molecular weight is 274 g/mol. The van der Waals surface area contributed by atoms with Crippen molar-refractivity contribution in [2.45, 2.75) is 33.2 Å². The Labute approximate surface area is 119 Å². The monoisotopic (exact) mass is 274 g/mol. The van der Waals surface area contributed by atoms with E-state index in [4.69, 9.17) is 10.5 Å². The molecule has 20 heavy (non-hydrogen) atoms. The van der Waals surface area contributed by atoms with Crippen molar-refractivity contribution >= 4 is 16.9 Å². The number of nitrogens with two attached hydrogens (primary N) is 1. The highest BCUT2D eigenvalue weighted by Crippen LogP contribution is 2.29. The number of ether oxygens (including phenoxy) is 1. The van der Waals surface area contributed by atoms with Gasteiger partial charge in [0.15, 0.2) is 0 Å². The minimum Gasteiger partial charge on any atom is -0.468 e. The fraction of sp³-hybridized carbons (Fsp3) is 0.438. The van der Waals surface area contributed by atoms with Gasteiger partial charge in [0.2, 0.25) is 0 Å². The molecule has 4 heteroatoms. The molecule has 2 rings (SSSR count). The summed E-state index contributed by atoms with van der Waals surface area (Å²) in [5, 5.41) is 1.18. The Hall–Kier alpha value is -1.81. The van der Waals surface area contributed by atoms with Gasteiger partial charge >= 0.3 is 5.97 Å². The van der Waals surface area contributed by atoms with Gasteiger partial charge in [-0.2, -0.15) is 0 Å². The number of carbonyl (C=O) groups excluding carboxylic acids is 1. The van der Waals surface area contributed by atoms with Crippen molar-refractivity contribution in [2.75, 3.05) is 7.11 Å². The lowest BCUT2D eigenvalue weighted by molar-refractivity contribution is -0.142. The number of carbonyl (C=O) groups is 1. The fourth-order valence-electron chi connectivity index (χ4n) is 2.91. The maximum atomic E-state index is 11.6. The predicted molar refractivity (Wildman–Crippen MR) is 80.8 cm³/mol. The topological polar surface area (TPSA) is 57.2 Å². The van der Waals surface area contributed by atoms with Gasteiger partial charge in [0.05, 0.1) is 12.6 Å². The Morgan fingerprint density at radius 2 is 2.00 bits per heavy atom. The molecule has 1 heterocycles. The highest BCUT2D eigenvalue weighted by atomic mass is 16.5. The van der Waals surface area contributed by atoms with Crippen LogP contribution >= 0.6 is 0 Å². The SMILES string of the molecule is COC(=O)C(N)Cc1c(C)n(C)c2c(C)cc(C)cc12. The van der Waals surface area contributed by atoms with Gasteiger partial charge in [-0.15, -0.1) is 0 Å². The van der Waals surface area contributed by atoms with Gasteiger partial charge in [-0.1, -0.05) is 11.6 Å². The second-order valence-corrected chi connectivity index (χ2v) is 5.43. The van der Waals surface area contributed by atoms with Gasteiger partial charge in [-0.25, -0.2) is 0 Å². The number of hydrogen-bond donors (Lipinski definition) is 1. The van der Waals surface area contributed by atoms with E-state index in [0.29, 0.717) is 6.42 Å². The molecule has 108 valence electrons. The molecule has 2 N–H and O–H groups in total. The molecule has 1 aromatic heterocycles. The molecule has 0 radical (unpaired) electrons. The largest absolute Gasteiger partial charge is 0.468 e. The molecule has 1 atom stereocenters. The second kappa shape index (κ2) is 5.29. The highest BCUT2D eigenvalue weighted by Gasteiger charge is 2.20. The molecule has 0 amide bonds. The molecule has 0 bridgehead atoms. The number of aromatic nitrogens is 1. The Balaban J connectivity index is 2.59. The van der Waals surface area contributed by atoms with Crippen LogP contribution in [0.1, 0.15) is 22.4 Å². The maximum Gasteiger partial charge on any atom is 0.322 e. The molecule has 2 aromatic rings. The summed E-state index contributed by atoms with van der Waals surface area (Å²) in [6.07, 6.45) is 0.499. The normalized spacial score (nSPS) is 12.7. The summed E-state index contributed by atoms with van der Waals surface area (Å²) in [4.78, 5) is 11.6. The summed E-state index contributed by atoms with van der Waals surface area (Å²) in [6.45, 7) is 6.26. The second-order valence-electron chi connectivity index (χ2n) is 5.43. The van der Waals surface area contributed by atoms with Gasteiger partial charge in [0, 0.05) is 24.5 Å². The number of aryl methyl sites for hydroxylation is 3. The zero-order chi connectivity index (χ0) is 15.0. The van der Waals surface area contributed by atoms with Gasteiger partial charge in [0.25, 0.3) is 0 Å². The van der Waals surface area contributed by atoms with Crippen LogP contribution in [0, 0.1) is 20.8 Å². The molecule has 0 aliphatic rings. The van der Waals surface area contributed by atoms with Gasteiger partial charge < -0.3 is 15.0 Å². The molecule has 0 saturated carbocycles.